The maximum atomic E-state index is 11.7. The molecule has 1 aromatic carbocycles. The van der Waals surface area contributed by atoms with Gasteiger partial charge in [-0.15, -0.1) is 0 Å². The summed E-state index contributed by atoms with van der Waals surface area (Å²) in [5.74, 6) is -2.53. The molecule has 5 heteroatoms. The number of ether oxygens (including phenoxy) is 2. The van der Waals surface area contributed by atoms with Gasteiger partial charge in [-0.3, -0.25) is 9.59 Å². The molecular formula is C14H16O5. The van der Waals surface area contributed by atoms with E-state index in [4.69, 9.17) is 4.74 Å². The van der Waals surface area contributed by atoms with Gasteiger partial charge >= 0.3 is 5.97 Å². The Kier molecular flexibility index (Phi) is 5.89. The van der Waals surface area contributed by atoms with Gasteiger partial charge in [0.2, 0.25) is 0 Å². The predicted molar refractivity (Wildman–Crippen MR) is 67.3 cm³/mol. The highest BCUT2D eigenvalue weighted by Gasteiger charge is 2.31. The van der Waals surface area contributed by atoms with Crippen LogP contribution in [0.25, 0.3) is 0 Å². The van der Waals surface area contributed by atoms with E-state index in [2.05, 4.69) is 4.74 Å². The van der Waals surface area contributed by atoms with Crippen LogP contribution in [0, 0.1) is 0 Å². The summed E-state index contributed by atoms with van der Waals surface area (Å²) >= 11 is 0. The van der Waals surface area contributed by atoms with Crippen molar-refractivity contribution in [2.75, 3.05) is 6.61 Å². The zero-order chi connectivity index (χ0) is 14.3. The van der Waals surface area contributed by atoms with Crippen LogP contribution in [-0.2, 0) is 30.5 Å². The third kappa shape index (κ3) is 4.63. The highest BCUT2D eigenvalue weighted by atomic mass is 16.5. The third-order valence-corrected chi connectivity index (χ3v) is 2.34. The minimum Gasteiger partial charge on any atom is -0.460 e. The Balaban J connectivity index is 2.66. The highest BCUT2D eigenvalue weighted by molar-refractivity contribution is 6.39. The number of carbonyl (C=O) groups is 3. The summed E-state index contributed by atoms with van der Waals surface area (Å²) in [4.78, 5) is 34.3. The molecular weight excluding hydrogens is 248 g/mol. The van der Waals surface area contributed by atoms with Gasteiger partial charge in [0.05, 0.1) is 13.2 Å². The zero-order valence-electron chi connectivity index (χ0n) is 10.9. The van der Waals surface area contributed by atoms with Gasteiger partial charge < -0.3 is 9.47 Å². The van der Waals surface area contributed by atoms with Gasteiger partial charge in [0, 0.05) is 0 Å². The number of hydrogen-bond acceptors (Lipinski definition) is 5. The number of benzene rings is 1. The van der Waals surface area contributed by atoms with Crippen LogP contribution in [0.3, 0.4) is 0 Å². The van der Waals surface area contributed by atoms with Crippen molar-refractivity contribution in [3.05, 3.63) is 35.9 Å². The molecule has 5 nitrogen and oxygen atoms in total. The standard InChI is InChI=1S/C14H16O5/c1-3-18-14(17)12(16)13(10(2)15)19-9-11-7-5-4-6-8-11/h4-8,13H,3,9H2,1-2H3. The summed E-state index contributed by atoms with van der Waals surface area (Å²) in [7, 11) is 0. The van der Waals surface area contributed by atoms with E-state index in [1.807, 2.05) is 18.2 Å². The summed E-state index contributed by atoms with van der Waals surface area (Å²) < 4.78 is 9.79. The fourth-order valence-corrected chi connectivity index (χ4v) is 1.44. The molecule has 1 atom stereocenters. The minimum absolute atomic E-state index is 0.0773. The fourth-order valence-electron chi connectivity index (χ4n) is 1.44. The van der Waals surface area contributed by atoms with Crippen molar-refractivity contribution in [2.45, 2.75) is 26.6 Å². The Morgan fingerprint density at radius 3 is 2.32 bits per heavy atom. The van der Waals surface area contributed by atoms with Crippen molar-refractivity contribution < 1.29 is 23.9 Å². The van der Waals surface area contributed by atoms with E-state index in [1.54, 1.807) is 19.1 Å². The molecule has 0 saturated heterocycles. The second-order valence-corrected chi connectivity index (χ2v) is 3.87. The Labute approximate surface area is 111 Å². The second kappa shape index (κ2) is 7.43. The first-order valence-electron chi connectivity index (χ1n) is 5.93. The quantitative estimate of drug-likeness (QED) is 0.421. The van der Waals surface area contributed by atoms with Crippen molar-refractivity contribution in [2.24, 2.45) is 0 Å². The molecule has 0 aliphatic heterocycles. The first-order chi connectivity index (χ1) is 9.06. The lowest BCUT2D eigenvalue weighted by atomic mass is 10.1. The molecule has 0 aliphatic rings. The van der Waals surface area contributed by atoms with Crippen molar-refractivity contribution in [1.29, 1.82) is 0 Å². The predicted octanol–water partition coefficient (Wildman–Crippen LogP) is 1.29. The van der Waals surface area contributed by atoms with Gasteiger partial charge in [0.25, 0.3) is 5.78 Å². The number of hydrogen-bond donors (Lipinski definition) is 0. The van der Waals surface area contributed by atoms with E-state index in [0.29, 0.717) is 0 Å². The second-order valence-electron chi connectivity index (χ2n) is 3.87. The smallest absolute Gasteiger partial charge is 0.377 e. The number of rotatable bonds is 7. The molecule has 102 valence electrons. The maximum absolute atomic E-state index is 11.7. The number of carbonyl (C=O) groups excluding carboxylic acids is 3. The van der Waals surface area contributed by atoms with Gasteiger partial charge in [-0.1, -0.05) is 30.3 Å². The summed E-state index contributed by atoms with van der Waals surface area (Å²) in [6.45, 7) is 2.94. The Hall–Kier alpha value is -2.01. The van der Waals surface area contributed by atoms with Crippen molar-refractivity contribution >= 4 is 17.5 Å². The van der Waals surface area contributed by atoms with E-state index >= 15 is 0 Å². The Bertz CT molecular complexity index is 452. The molecule has 0 radical (unpaired) electrons. The molecule has 0 heterocycles. The lowest BCUT2D eigenvalue weighted by Gasteiger charge is -2.13. The van der Waals surface area contributed by atoms with Gasteiger partial charge in [0.1, 0.15) is 0 Å². The molecule has 0 aliphatic carbocycles. The zero-order valence-corrected chi connectivity index (χ0v) is 10.9. The highest BCUT2D eigenvalue weighted by Crippen LogP contribution is 2.06. The van der Waals surface area contributed by atoms with Gasteiger partial charge in [-0.2, -0.15) is 0 Å². The summed E-state index contributed by atoms with van der Waals surface area (Å²) in [5, 5.41) is 0. The fraction of sp³-hybridized carbons (Fsp3) is 0.357. The normalized spacial score (nSPS) is 11.7. The maximum Gasteiger partial charge on any atom is 0.377 e. The molecule has 0 amide bonds. The van der Waals surface area contributed by atoms with Crippen LogP contribution < -0.4 is 0 Å². The molecule has 0 aromatic heterocycles. The van der Waals surface area contributed by atoms with Crippen molar-refractivity contribution in [1.82, 2.24) is 0 Å². The summed E-state index contributed by atoms with van der Waals surface area (Å²) in [5.41, 5.74) is 0.811. The summed E-state index contributed by atoms with van der Waals surface area (Å²) in [6, 6.07) is 9.07. The average molecular weight is 264 g/mol. The molecule has 1 rings (SSSR count). The number of Topliss-reactive ketones (excluding diaryl/α,β-unsaturated/α-hetero) is 2. The van der Waals surface area contributed by atoms with Gasteiger partial charge in [-0.05, 0) is 19.4 Å². The SMILES string of the molecule is CCOC(=O)C(=O)C(OCc1ccccc1)C(C)=O. The van der Waals surface area contributed by atoms with E-state index in [0.717, 1.165) is 5.56 Å². The van der Waals surface area contributed by atoms with Gasteiger partial charge in [-0.25, -0.2) is 4.79 Å². The molecule has 0 spiro atoms. The molecule has 0 bridgehead atoms. The Morgan fingerprint density at radius 1 is 1.16 bits per heavy atom. The lowest BCUT2D eigenvalue weighted by molar-refractivity contribution is -0.161. The minimum atomic E-state index is -1.40. The lowest BCUT2D eigenvalue weighted by Crippen LogP contribution is -2.37. The van der Waals surface area contributed by atoms with E-state index in [9.17, 15) is 14.4 Å². The monoisotopic (exact) mass is 264 g/mol. The van der Waals surface area contributed by atoms with Crippen LogP contribution in [0.1, 0.15) is 19.4 Å². The van der Waals surface area contributed by atoms with Crippen LogP contribution in [0.2, 0.25) is 0 Å². The van der Waals surface area contributed by atoms with Crippen molar-refractivity contribution in [3.8, 4) is 0 Å². The molecule has 0 saturated carbocycles. The van der Waals surface area contributed by atoms with Crippen LogP contribution in [0.15, 0.2) is 30.3 Å². The van der Waals surface area contributed by atoms with E-state index in [1.165, 1.54) is 6.92 Å². The number of ketones is 2. The molecule has 1 aromatic rings. The van der Waals surface area contributed by atoms with Crippen molar-refractivity contribution in [3.63, 3.8) is 0 Å². The van der Waals surface area contributed by atoms with Crippen LogP contribution in [-0.4, -0.2) is 30.2 Å². The largest absolute Gasteiger partial charge is 0.460 e. The first kappa shape index (κ1) is 15.0. The third-order valence-electron chi connectivity index (χ3n) is 2.34. The topological polar surface area (TPSA) is 69.7 Å². The molecule has 1 unspecified atom stereocenters. The van der Waals surface area contributed by atoms with Crippen LogP contribution >= 0.6 is 0 Å². The Morgan fingerprint density at radius 2 is 1.79 bits per heavy atom. The first-order valence-corrected chi connectivity index (χ1v) is 5.93. The van der Waals surface area contributed by atoms with E-state index in [-0.39, 0.29) is 13.2 Å². The van der Waals surface area contributed by atoms with E-state index < -0.39 is 23.6 Å². The number of esters is 1. The van der Waals surface area contributed by atoms with Gasteiger partial charge in [0.15, 0.2) is 11.9 Å². The molecule has 0 N–H and O–H groups in total. The average Bonchev–Trinajstić information content (AvgIpc) is 2.39. The summed E-state index contributed by atoms with van der Waals surface area (Å²) in [6.07, 6.45) is -1.40. The van der Waals surface area contributed by atoms with Crippen LogP contribution in [0.5, 0.6) is 0 Å². The molecule has 19 heavy (non-hydrogen) atoms. The molecule has 0 fully saturated rings. The van der Waals surface area contributed by atoms with Crippen LogP contribution in [0.4, 0.5) is 0 Å².